The quantitative estimate of drug-likeness (QED) is 0.738. The van der Waals surface area contributed by atoms with Crippen LogP contribution in [-0.4, -0.2) is 47.0 Å². The van der Waals surface area contributed by atoms with Crippen molar-refractivity contribution in [1.82, 2.24) is 14.9 Å². The maximum absolute atomic E-state index is 12.7. The highest BCUT2D eigenvalue weighted by Crippen LogP contribution is 2.20. The van der Waals surface area contributed by atoms with E-state index in [0.29, 0.717) is 13.1 Å². The van der Waals surface area contributed by atoms with Crippen LogP contribution < -0.4 is 10.2 Å². The number of carbonyl (C=O) groups excluding carboxylic acids is 1. The number of nitrogens with one attached hydrogen (secondary N) is 1. The Labute approximate surface area is 171 Å². The van der Waals surface area contributed by atoms with Crippen LogP contribution >= 0.6 is 0 Å². The lowest BCUT2D eigenvalue weighted by Crippen LogP contribution is -2.49. The van der Waals surface area contributed by atoms with Gasteiger partial charge < -0.3 is 15.1 Å². The molecule has 29 heavy (non-hydrogen) atoms. The van der Waals surface area contributed by atoms with Crippen LogP contribution in [0, 0.1) is 13.8 Å². The Morgan fingerprint density at radius 3 is 2.14 bits per heavy atom. The Balaban J connectivity index is 1.39. The van der Waals surface area contributed by atoms with Crippen molar-refractivity contribution in [2.45, 2.75) is 13.8 Å². The first-order valence-corrected chi connectivity index (χ1v) is 9.85. The van der Waals surface area contributed by atoms with Gasteiger partial charge in [0.15, 0.2) is 0 Å². The van der Waals surface area contributed by atoms with Crippen molar-refractivity contribution >= 4 is 23.2 Å². The summed E-state index contributed by atoms with van der Waals surface area (Å²) in [6, 6.07) is 17.9. The molecule has 2 heterocycles. The van der Waals surface area contributed by atoms with Gasteiger partial charge in [-0.15, -0.1) is 0 Å². The van der Waals surface area contributed by atoms with E-state index in [2.05, 4.69) is 39.2 Å². The van der Waals surface area contributed by atoms with Crippen LogP contribution in [-0.2, 0) is 0 Å². The first-order chi connectivity index (χ1) is 14.1. The fourth-order valence-electron chi connectivity index (χ4n) is 3.39. The normalized spacial score (nSPS) is 14.0. The SMILES string of the molecule is Cc1ccc(Nc2cc(N3CCN(C(=O)c4ccc(C)cc4)CC3)ncn2)cc1. The number of rotatable bonds is 4. The minimum atomic E-state index is 0.0917. The maximum atomic E-state index is 12.7. The molecular weight excluding hydrogens is 362 g/mol. The van der Waals surface area contributed by atoms with E-state index in [1.54, 1.807) is 6.33 Å². The Kier molecular flexibility index (Phi) is 5.42. The summed E-state index contributed by atoms with van der Waals surface area (Å²) < 4.78 is 0. The zero-order chi connectivity index (χ0) is 20.2. The molecule has 1 fully saturated rings. The van der Waals surface area contributed by atoms with Gasteiger partial charge in [-0.2, -0.15) is 0 Å². The zero-order valence-electron chi connectivity index (χ0n) is 16.8. The van der Waals surface area contributed by atoms with E-state index in [0.717, 1.165) is 41.5 Å². The number of aryl methyl sites for hydroxylation is 2. The molecular formula is C23H25N5O. The van der Waals surface area contributed by atoms with Crippen LogP contribution in [0.3, 0.4) is 0 Å². The third-order valence-corrected chi connectivity index (χ3v) is 5.17. The van der Waals surface area contributed by atoms with Gasteiger partial charge in [0.25, 0.3) is 5.91 Å². The third kappa shape index (κ3) is 4.54. The Hall–Kier alpha value is -3.41. The van der Waals surface area contributed by atoms with Crippen molar-refractivity contribution in [2.24, 2.45) is 0 Å². The van der Waals surface area contributed by atoms with E-state index in [9.17, 15) is 4.79 Å². The molecule has 0 atom stereocenters. The summed E-state index contributed by atoms with van der Waals surface area (Å²) >= 11 is 0. The number of nitrogens with zero attached hydrogens (tertiary/aromatic N) is 4. The molecule has 1 aromatic heterocycles. The van der Waals surface area contributed by atoms with E-state index in [1.165, 1.54) is 5.56 Å². The number of hydrogen-bond acceptors (Lipinski definition) is 5. The molecule has 1 saturated heterocycles. The maximum Gasteiger partial charge on any atom is 0.253 e. The Bertz CT molecular complexity index is 977. The van der Waals surface area contributed by atoms with E-state index in [-0.39, 0.29) is 5.91 Å². The van der Waals surface area contributed by atoms with Crippen LogP contribution in [0.4, 0.5) is 17.3 Å². The lowest BCUT2D eigenvalue weighted by Gasteiger charge is -2.35. The average Bonchev–Trinajstić information content (AvgIpc) is 2.76. The summed E-state index contributed by atoms with van der Waals surface area (Å²) in [5.41, 5.74) is 4.12. The second-order valence-electron chi connectivity index (χ2n) is 7.40. The van der Waals surface area contributed by atoms with E-state index in [1.807, 2.05) is 54.3 Å². The number of amides is 1. The van der Waals surface area contributed by atoms with Gasteiger partial charge in [-0.3, -0.25) is 4.79 Å². The number of benzene rings is 2. The van der Waals surface area contributed by atoms with Crippen molar-refractivity contribution in [2.75, 3.05) is 36.4 Å². The van der Waals surface area contributed by atoms with Crippen molar-refractivity contribution < 1.29 is 4.79 Å². The van der Waals surface area contributed by atoms with E-state index in [4.69, 9.17) is 0 Å². The molecule has 2 aromatic carbocycles. The largest absolute Gasteiger partial charge is 0.353 e. The molecule has 1 aliphatic rings. The smallest absolute Gasteiger partial charge is 0.253 e. The topological polar surface area (TPSA) is 61.4 Å². The number of carbonyl (C=O) groups is 1. The molecule has 1 aliphatic heterocycles. The van der Waals surface area contributed by atoms with Gasteiger partial charge in [0.05, 0.1) is 0 Å². The lowest BCUT2D eigenvalue weighted by atomic mass is 10.1. The Morgan fingerprint density at radius 2 is 1.48 bits per heavy atom. The van der Waals surface area contributed by atoms with E-state index >= 15 is 0 Å². The minimum absolute atomic E-state index is 0.0917. The summed E-state index contributed by atoms with van der Waals surface area (Å²) in [4.78, 5) is 25.6. The standard InChI is InChI=1S/C23H25N5O/c1-17-3-7-19(8-4-17)23(29)28-13-11-27(12-14-28)22-15-21(24-16-25-22)26-20-9-5-18(2)6-10-20/h3-10,15-16H,11-14H2,1-2H3,(H,24,25,26). The summed E-state index contributed by atoms with van der Waals surface area (Å²) in [6.07, 6.45) is 1.58. The van der Waals surface area contributed by atoms with Gasteiger partial charge in [0, 0.05) is 43.5 Å². The number of anilines is 3. The number of hydrogen-bond donors (Lipinski definition) is 1. The highest BCUT2D eigenvalue weighted by molar-refractivity contribution is 5.94. The summed E-state index contributed by atoms with van der Waals surface area (Å²) in [5, 5.41) is 3.32. The molecule has 0 aliphatic carbocycles. The summed E-state index contributed by atoms with van der Waals surface area (Å²) in [6.45, 7) is 6.94. The third-order valence-electron chi connectivity index (χ3n) is 5.17. The molecule has 1 amide bonds. The van der Waals surface area contributed by atoms with Crippen molar-refractivity contribution in [3.63, 3.8) is 0 Å². The van der Waals surface area contributed by atoms with Crippen molar-refractivity contribution in [1.29, 1.82) is 0 Å². The predicted octanol–water partition coefficient (Wildman–Crippen LogP) is 3.80. The molecule has 6 nitrogen and oxygen atoms in total. The van der Waals surface area contributed by atoms with Crippen molar-refractivity contribution in [3.8, 4) is 0 Å². The average molecular weight is 387 g/mol. The minimum Gasteiger partial charge on any atom is -0.353 e. The molecule has 1 N–H and O–H groups in total. The fraction of sp³-hybridized carbons (Fsp3) is 0.261. The first kappa shape index (κ1) is 18.9. The molecule has 6 heteroatoms. The lowest BCUT2D eigenvalue weighted by molar-refractivity contribution is 0.0746. The molecule has 0 spiro atoms. The van der Waals surface area contributed by atoms with Gasteiger partial charge in [0.1, 0.15) is 18.0 Å². The predicted molar refractivity (Wildman–Crippen MR) is 116 cm³/mol. The monoisotopic (exact) mass is 387 g/mol. The zero-order valence-corrected chi connectivity index (χ0v) is 16.8. The fourth-order valence-corrected chi connectivity index (χ4v) is 3.39. The van der Waals surface area contributed by atoms with Gasteiger partial charge in [-0.25, -0.2) is 9.97 Å². The van der Waals surface area contributed by atoms with Gasteiger partial charge in [-0.1, -0.05) is 35.4 Å². The molecule has 148 valence electrons. The molecule has 0 saturated carbocycles. The summed E-state index contributed by atoms with van der Waals surface area (Å²) in [7, 11) is 0. The number of piperazine rings is 1. The van der Waals surface area contributed by atoms with Crippen LogP contribution in [0.2, 0.25) is 0 Å². The molecule has 0 radical (unpaired) electrons. The van der Waals surface area contributed by atoms with Gasteiger partial charge >= 0.3 is 0 Å². The first-order valence-electron chi connectivity index (χ1n) is 9.85. The molecule has 0 unspecified atom stereocenters. The summed E-state index contributed by atoms with van der Waals surface area (Å²) in [5.74, 6) is 1.73. The van der Waals surface area contributed by atoms with Crippen LogP contribution in [0.15, 0.2) is 60.9 Å². The van der Waals surface area contributed by atoms with Gasteiger partial charge in [-0.05, 0) is 38.1 Å². The Morgan fingerprint density at radius 1 is 0.862 bits per heavy atom. The second kappa shape index (κ2) is 8.31. The van der Waals surface area contributed by atoms with Crippen molar-refractivity contribution in [3.05, 3.63) is 77.6 Å². The van der Waals surface area contributed by atoms with Crippen LogP contribution in [0.1, 0.15) is 21.5 Å². The molecule has 3 aromatic rings. The highest BCUT2D eigenvalue weighted by Gasteiger charge is 2.23. The van der Waals surface area contributed by atoms with Gasteiger partial charge in [0.2, 0.25) is 0 Å². The molecule has 0 bridgehead atoms. The highest BCUT2D eigenvalue weighted by atomic mass is 16.2. The number of aromatic nitrogens is 2. The molecule has 4 rings (SSSR count). The van der Waals surface area contributed by atoms with Crippen LogP contribution in [0.25, 0.3) is 0 Å². The second-order valence-corrected chi connectivity index (χ2v) is 7.40. The van der Waals surface area contributed by atoms with Crippen LogP contribution in [0.5, 0.6) is 0 Å². The van der Waals surface area contributed by atoms with E-state index < -0.39 is 0 Å².